The largest absolute Gasteiger partial charge is 0.469 e. The van der Waals surface area contributed by atoms with E-state index < -0.39 is 0 Å². The zero-order chi connectivity index (χ0) is 12.2. The van der Waals surface area contributed by atoms with Crippen LogP contribution in [0.2, 0.25) is 0 Å². The number of nitrogens with zero attached hydrogens (tertiary/aromatic N) is 1. The van der Waals surface area contributed by atoms with Gasteiger partial charge in [0.05, 0.1) is 12.5 Å². The molecule has 1 aliphatic rings. The summed E-state index contributed by atoms with van der Waals surface area (Å²) < 4.78 is 4.80. The molecule has 5 heteroatoms. The first kappa shape index (κ1) is 16.7. The predicted molar refractivity (Wildman–Crippen MR) is 71.6 cm³/mol. The lowest BCUT2D eigenvalue weighted by molar-refractivity contribution is -0.151. The third-order valence-corrected chi connectivity index (χ3v) is 3.49. The van der Waals surface area contributed by atoms with Crippen molar-refractivity contribution in [3.63, 3.8) is 0 Å². The van der Waals surface area contributed by atoms with Crippen LogP contribution in [0.15, 0.2) is 0 Å². The number of nitrogens with one attached hydrogen (secondary N) is 1. The molecular formula is C12H25ClN2O2. The van der Waals surface area contributed by atoms with Gasteiger partial charge in [0.25, 0.3) is 0 Å². The van der Waals surface area contributed by atoms with E-state index in [9.17, 15) is 4.79 Å². The Morgan fingerprint density at radius 3 is 2.65 bits per heavy atom. The van der Waals surface area contributed by atoms with Crippen molar-refractivity contribution in [3.8, 4) is 0 Å². The minimum atomic E-state index is -0.380. The predicted octanol–water partition coefficient (Wildman–Crippen LogP) is 1.29. The average Bonchev–Trinajstić information content (AvgIpc) is 2.78. The maximum Gasteiger partial charge on any atom is 0.311 e. The van der Waals surface area contributed by atoms with E-state index in [0.717, 1.165) is 26.1 Å². The summed E-state index contributed by atoms with van der Waals surface area (Å²) in [7, 11) is 3.58. The van der Waals surface area contributed by atoms with Crippen molar-refractivity contribution in [3.05, 3.63) is 0 Å². The Balaban J connectivity index is 0.00000256. The van der Waals surface area contributed by atoms with Crippen molar-refractivity contribution < 1.29 is 9.53 Å². The number of likely N-dealkylation sites (N-methyl/N-ethyl adjacent to an activating group) is 1. The number of methoxy groups -OCH3 is 1. The second kappa shape index (κ2) is 7.19. The maximum atomic E-state index is 11.5. The number of ether oxygens (including phenoxy) is 1. The number of hydrogen-bond donors (Lipinski definition) is 1. The van der Waals surface area contributed by atoms with Gasteiger partial charge in [0.15, 0.2) is 0 Å². The molecule has 1 heterocycles. The Hall–Kier alpha value is -0.320. The van der Waals surface area contributed by atoms with Crippen LogP contribution in [0.3, 0.4) is 0 Å². The summed E-state index contributed by atoms with van der Waals surface area (Å²) in [4.78, 5) is 13.9. The zero-order valence-electron chi connectivity index (χ0n) is 11.3. The van der Waals surface area contributed by atoms with Crippen LogP contribution < -0.4 is 5.32 Å². The highest BCUT2D eigenvalue weighted by atomic mass is 35.5. The van der Waals surface area contributed by atoms with E-state index in [2.05, 4.69) is 17.3 Å². The van der Waals surface area contributed by atoms with Gasteiger partial charge in [-0.1, -0.05) is 0 Å². The fourth-order valence-electron chi connectivity index (χ4n) is 2.03. The molecule has 1 rings (SSSR count). The normalized spacial score (nSPS) is 20.2. The fourth-order valence-corrected chi connectivity index (χ4v) is 2.03. The first-order chi connectivity index (χ1) is 7.47. The number of carbonyl (C=O) groups excluding carboxylic acids is 1. The average molecular weight is 265 g/mol. The van der Waals surface area contributed by atoms with Crippen molar-refractivity contribution >= 4 is 18.4 Å². The Bertz CT molecular complexity index is 241. The summed E-state index contributed by atoms with van der Waals surface area (Å²) in [5, 5.41) is 3.35. The molecule has 1 unspecified atom stereocenters. The van der Waals surface area contributed by atoms with Gasteiger partial charge in [-0.15, -0.1) is 12.4 Å². The van der Waals surface area contributed by atoms with Gasteiger partial charge in [-0.25, -0.2) is 0 Å². The van der Waals surface area contributed by atoms with E-state index in [1.165, 1.54) is 13.5 Å². The molecule has 1 saturated heterocycles. The molecule has 1 atom stereocenters. The van der Waals surface area contributed by atoms with E-state index in [0.29, 0.717) is 6.04 Å². The third kappa shape index (κ3) is 4.82. The van der Waals surface area contributed by atoms with Crippen LogP contribution in [0.4, 0.5) is 0 Å². The molecule has 0 aromatic heterocycles. The van der Waals surface area contributed by atoms with Crippen LogP contribution in [0.1, 0.15) is 26.7 Å². The fraction of sp³-hybridized carbons (Fsp3) is 0.917. The molecule has 0 aromatic rings. The standard InChI is InChI=1S/C12H24N2O2.ClH/c1-12(2,11(15)16-4)6-8-14(3)10-5-7-13-9-10;/h10,13H,5-9H2,1-4H3;1H. The first-order valence-corrected chi connectivity index (χ1v) is 5.97. The zero-order valence-corrected chi connectivity index (χ0v) is 12.1. The van der Waals surface area contributed by atoms with E-state index in [1.54, 1.807) is 0 Å². The molecular weight excluding hydrogens is 240 g/mol. The summed E-state index contributed by atoms with van der Waals surface area (Å²) in [5.74, 6) is -0.120. The van der Waals surface area contributed by atoms with Crippen molar-refractivity contribution in [1.82, 2.24) is 10.2 Å². The van der Waals surface area contributed by atoms with Gasteiger partial charge in [0.1, 0.15) is 0 Å². The maximum absolute atomic E-state index is 11.5. The summed E-state index contributed by atoms with van der Waals surface area (Å²) in [6.45, 7) is 7.00. The summed E-state index contributed by atoms with van der Waals surface area (Å²) in [5.41, 5.74) is -0.380. The van der Waals surface area contributed by atoms with Gasteiger partial charge < -0.3 is 15.0 Å². The lowest BCUT2D eigenvalue weighted by atomic mass is 9.89. The Labute approximate surface area is 110 Å². The van der Waals surface area contributed by atoms with Crippen LogP contribution in [-0.4, -0.2) is 50.7 Å². The van der Waals surface area contributed by atoms with Crippen LogP contribution in [-0.2, 0) is 9.53 Å². The van der Waals surface area contributed by atoms with Crippen LogP contribution in [0.5, 0.6) is 0 Å². The van der Waals surface area contributed by atoms with Crippen molar-refractivity contribution in [2.75, 3.05) is 33.8 Å². The topological polar surface area (TPSA) is 41.6 Å². The SMILES string of the molecule is COC(=O)C(C)(C)CCN(C)C1CCNC1.Cl. The number of hydrogen-bond acceptors (Lipinski definition) is 4. The van der Waals surface area contributed by atoms with Gasteiger partial charge in [-0.05, 0) is 46.8 Å². The highest BCUT2D eigenvalue weighted by Gasteiger charge is 2.29. The summed E-state index contributed by atoms with van der Waals surface area (Å²) >= 11 is 0. The molecule has 0 saturated carbocycles. The van der Waals surface area contributed by atoms with Crippen LogP contribution in [0, 0.1) is 5.41 Å². The summed E-state index contributed by atoms with van der Waals surface area (Å²) in [6, 6.07) is 0.619. The molecule has 0 radical (unpaired) electrons. The van der Waals surface area contributed by atoms with Gasteiger partial charge in [0.2, 0.25) is 0 Å². The van der Waals surface area contributed by atoms with Crippen LogP contribution in [0.25, 0.3) is 0 Å². The Morgan fingerprint density at radius 1 is 1.53 bits per heavy atom. The second-order valence-corrected chi connectivity index (χ2v) is 5.25. The van der Waals surface area contributed by atoms with Crippen molar-refractivity contribution in [2.45, 2.75) is 32.7 Å². The molecule has 0 aliphatic carbocycles. The minimum Gasteiger partial charge on any atom is -0.469 e. The van der Waals surface area contributed by atoms with E-state index in [1.807, 2.05) is 13.8 Å². The quantitative estimate of drug-likeness (QED) is 0.760. The highest BCUT2D eigenvalue weighted by molar-refractivity contribution is 5.85. The first-order valence-electron chi connectivity index (χ1n) is 5.97. The van der Waals surface area contributed by atoms with Gasteiger partial charge in [0, 0.05) is 12.6 Å². The molecule has 0 amide bonds. The summed E-state index contributed by atoms with van der Waals surface area (Å²) in [6.07, 6.45) is 2.04. The van der Waals surface area contributed by atoms with Gasteiger partial charge in [-0.3, -0.25) is 4.79 Å². The van der Waals surface area contributed by atoms with E-state index in [-0.39, 0.29) is 23.8 Å². The Kier molecular flexibility index (Phi) is 7.05. The number of rotatable bonds is 5. The molecule has 4 nitrogen and oxygen atoms in total. The van der Waals surface area contributed by atoms with Gasteiger partial charge >= 0.3 is 5.97 Å². The van der Waals surface area contributed by atoms with Gasteiger partial charge in [-0.2, -0.15) is 0 Å². The van der Waals surface area contributed by atoms with Crippen LogP contribution >= 0.6 is 12.4 Å². The van der Waals surface area contributed by atoms with E-state index >= 15 is 0 Å². The molecule has 1 N–H and O–H groups in total. The number of carbonyl (C=O) groups is 1. The number of esters is 1. The molecule has 102 valence electrons. The lowest BCUT2D eigenvalue weighted by Crippen LogP contribution is -2.37. The third-order valence-electron chi connectivity index (χ3n) is 3.49. The molecule has 17 heavy (non-hydrogen) atoms. The second-order valence-electron chi connectivity index (χ2n) is 5.25. The highest BCUT2D eigenvalue weighted by Crippen LogP contribution is 2.23. The smallest absolute Gasteiger partial charge is 0.311 e. The molecule has 0 bridgehead atoms. The van der Waals surface area contributed by atoms with Crippen molar-refractivity contribution in [1.29, 1.82) is 0 Å². The lowest BCUT2D eigenvalue weighted by Gasteiger charge is -2.28. The van der Waals surface area contributed by atoms with E-state index in [4.69, 9.17) is 4.74 Å². The molecule has 0 aromatic carbocycles. The van der Waals surface area contributed by atoms with Crippen molar-refractivity contribution in [2.24, 2.45) is 5.41 Å². The molecule has 1 fully saturated rings. The minimum absolute atomic E-state index is 0. The number of halogens is 1. The Morgan fingerprint density at radius 2 is 2.18 bits per heavy atom. The molecule has 1 aliphatic heterocycles. The molecule has 0 spiro atoms. The monoisotopic (exact) mass is 264 g/mol.